The smallest absolute Gasteiger partial charge is 0.166 e. The maximum atomic E-state index is 10.0. The highest BCUT2D eigenvalue weighted by molar-refractivity contribution is 5.84. The second kappa shape index (κ2) is 7.61. The average molecular weight is 299 g/mol. The molecule has 0 aliphatic carbocycles. The minimum Gasteiger partial charge on any atom is -0.504 e. The Hall–Kier alpha value is -2.33. The number of rotatable bonds is 6. The molecule has 0 bridgehead atoms. The fourth-order valence-electron chi connectivity index (χ4n) is 2.32. The van der Waals surface area contributed by atoms with Crippen LogP contribution < -0.4 is 9.64 Å². The fourth-order valence-corrected chi connectivity index (χ4v) is 2.32. The summed E-state index contributed by atoms with van der Waals surface area (Å²) >= 11 is 0. The minimum atomic E-state index is 0.125. The number of methoxy groups -OCH3 is 1. The zero-order valence-corrected chi connectivity index (χ0v) is 13.3. The molecule has 2 rings (SSSR count). The van der Waals surface area contributed by atoms with Crippen molar-refractivity contribution >= 4 is 6.21 Å². The lowest BCUT2D eigenvalue weighted by Gasteiger charge is -2.10. The Bertz CT molecular complexity index is 651. The van der Waals surface area contributed by atoms with E-state index in [1.807, 2.05) is 18.2 Å². The van der Waals surface area contributed by atoms with Crippen molar-refractivity contribution in [2.75, 3.05) is 21.2 Å². The third-order valence-corrected chi connectivity index (χ3v) is 3.40. The van der Waals surface area contributed by atoms with Crippen LogP contribution in [-0.2, 0) is 13.1 Å². The van der Waals surface area contributed by atoms with Crippen LogP contribution in [0.5, 0.6) is 11.5 Å². The van der Waals surface area contributed by atoms with Crippen molar-refractivity contribution in [1.29, 1.82) is 0 Å². The van der Waals surface area contributed by atoms with E-state index in [1.165, 1.54) is 23.1 Å². The van der Waals surface area contributed by atoms with Crippen LogP contribution in [0, 0.1) is 0 Å². The Morgan fingerprint density at radius 1 is 1.09 bits per heavy atom. The van der Waals surface area contributed by atoms with E-state index in [2.05, 4.69) is 37.3 Å². The number of benzene rings is 2. The van der Waals surface area contributed by atoms with Crippen LogP contribution in [0.25, 0.3) is 0 Å². The van der Waals surface area contributed by atoms with E-state index in [9.17, 15) is 5.11 Å². The van der Waals surface area contributed by atoms with Gasteiger partial charge in [0, 0.05) is 17.3 Å². The van der Waals surface area contributed by atoms with Crippen molar-refractivity contribution in [3.8, 4) is 11.5 Å². The van der Waals surface area contributed by atoms with Crippen LogP contribution in [0.2, 0.25) is 0 Å². The third-order valence-electron chi connectivity index (χ3n) is 3.40. The third kappa shape index (κ3) is 4.09. The summed E-state index contributed by atoms with van der Waals surface area (Å²) < 4.78 is 5.10. The maximum absolute atomic E-state index is 10.0. The number of ether oxygens (including phenoxy) is 1. The zero-order chi connectivity index (χ0) is 15.9. The molecule has 22 heavy (non-hydrogen) atoms. The Labute approximate surface area is 131 Å². The Kier molecular flexibility index (Phi) is 5.55. The monoisotopic (exact) mass is 299 g/mol. The van der Waals surface area contributed by atoms with Crippen molar-refractivity contribution in [3.05, 3.63) is 59.2 Å². The molecule has 0 saturated carbocycles. The number of hydrogen-bond acceptors (Lipinski definition) is 3. The Balaban J connectivity index is 2.13. The molecular weight excluding hydrogens is 276 g/mol. The number of nitrogens with one attached hydrogen (secondary N) is 1. The molecule has 0 radical (unpaired) electrons. The highest BCUT2D eigenvalue weighted by Crippen LogP contribution is 2.28. The summed E-state index contributed by atoms with van der Waals surface area (Å²) in [6.45, 7) is 1.57. The van der Waals surface area contributed by atoms with Crippen molar-refractivity contribution in [1.82, 2.24) is 0 Å². The summed E-state index contributed by atoms with van der Waals surface area (Å²) in [7, 11) is 5.80. The number of aliphatic imine (C=N–C) groups is 1. The van der Waals surface area contributed by atoms with Crippen LogP contribution in [0.1, 0.15) is 16.7 Å². The molecule has 0 atom stereocenters. The van der Waals surface area contributed by atoms with E-state index >= 15 is 0 Å². The standard InChI is InChI=1S/C18H22N2O2/c1-20(2)13-16-8-5-4-7-14(16)11-19-12-15-9-6-10-17(22-3)18(15)21/h4-10,12,21H,11,13H2,1-3H3/p+1. The predicted molar refractivity (Wildman–Crippen MR) is 88.9 cm³/mol. The lowest BCUT2D eigenvalue weighted by Crippen LogP contribution is -3.04. The lowest BCUT2D eigenvalue weighted by atomic mass is 10.1. The number of phenolic OH excluding ortho intramolecular Hbond substituents is 1. The molecule has 2 N–H and O–H groups in total. The minimum absolute atomic E-state index is 0.125. The molecule has 0 amide bonds. The molecular formula is C18H23N2O2+. The summed E-state index contributed by atoms with van der Waals surface area (Å²) in [4.78, 5) is 5.84. The molecule has 4 heteroatoms. The Morgan fingerprint density at radius 2 is 1.82 bits per heavy atom. The van der Waals surface area contributed by atoms with Crippen LogP contribution in [0.4, 0.5) is 0 Å². The van der Waals surface area contributed by atoms with Crippen molar-refractivity contribution < 1.29 is 14.7 Å². The molecule has 2 aromatic carbocycles. The van der Waals surface area contributed by atoms with E-state index in [-0.39, 0.29) is 5.75 Å². The molecule has 0 aliphatic rings. The summed E-state index contributed by atoms with van der Waals surface area (Å²) in [5.41, 5.74) is 3.17. The van der Waals surface area contributed by atoms with Gasteiger partial charge in [0.15, 0.2) is 11.5 Å². The van der Waals surface area contributed by atoms with E-state index in [0.29, 0.717) is 17.9 Å². The second-order valence-corrected chi connectivity index (χ2v) is 5.52. The summed E-state index contributed by atoms with van der Waals surface area (Å²) in [6, 6.07) is 13.7. The molecule has 0 fully saturated rings. The van der Waals surface area contributed by atoms with Gasteiger partial charge >= 0.3 is 0 Å². The van der Waals surface area contributed by atoms with Crippen LogP contribution in [-0.4, -0.2) is 32.5 Å². The molecule has 116 valence electrons. The van der Waals surface area contributed by atoms with Crippen LogP contribution in [0.15, 0.2) is 47.5 Å². The van der Waals surface area contributed by atoms with Gasteiger partial charge < -0.3 is 14.7 Å². The zero-order valence-electron chi connectivity index (χ0n) is 13.3. The molecule has 0 heterocycles. The molecule has 0 spiro atoms. The predicted octanol–water partition coefficient (Wildman–Crippen LogP) is 1.66. The average Bonchev–Trinajstić information content (AvgIpc) is 2.50. The van der Waals surface area contributed by atoms with Gasteiger partial charge in [0.1, 0.15) is 6.54 Å². The number of nitrogens with zero attached hydrogens (tertiary/aromatic N) is 1. The maximum Gasteiger partial charge on any atom is 0.166 e. The van der Waals surface area contributed by atoms with Crippen molar-refractivity contribution in [2.45, 2.75) is 13.1 Å². The molecule has 0 saturated heterocycles. The van der Waals surface area contributed by atoms with Gasteiger partial charge in [-0.3, -0.25) is 4.99 Å². The fraction of sp³-hybridized carbons (Fsp3) is 0.278. The first-order valence-electron chi connectivity index (χ1n) is 7.33. The van der Waals surface area contributed by atoms with E-state index in [1.54, 1.807) is 12.3 Å². The summed E-state index contributed by atoms with van der Waals surface area (Å²) in [6.07, 6.45) is 1.69. The molecule has 4 nitrogen and oxygen atoms in total. The molecule has 0 aromatic heterocycles. The van der Waals surface area contributed by atoms with Crippen molar-refractivity contribution in [2.24, 2.45) is 4.99 Å². The van der Waals surface area contributed by atoms with Gasteiger partial charge in [-0.1, -0.05) is 30.3 Å². The highest BCUT2D eigenvalue weighted by atomic mass is 16.5. The first kappa shape index (κ1) is 16.0. The van der Waals surface area contributed by atoms with Gasteiger partial charge in [-0.25, -0.2) is 0 Å². The lowest BCUT2D eigenvalue weighted by molar-refractivity contribution is -0.872. The van der Waals surface area contributed by atoms with E-state index in [0.717, 1.165) is 6.54 Å². The number of aromatic hydroxyl groups is 1. The largest absolute Gasteiger partial charge is 0.504 e. The van der Waals surface area contributed by atoms with Gasteiger partial charge in [0.05, 0.1) is 27.7 Å². The SMILES string of the molecule is COc1cccc(C=NCc2ccccc2C[NH+](C)C)c1O. The highest BCUT2D eigenvalue weighted by Gasteiger charge is 2.06. The summed E-state index contributed by atoms with van der Waals surface area (Å²) in [5, 5.41) is 10.0. The van der Waals surface area contributed by atoms with E-state index in [4.69, 9.17) is 4.74 Å². The second-order valence-electron chi connectivity index (χ2n) is 5.52. The van der Waals surface area contributed by atoms with Gasteiger partial charge in [-0.15, -0.1) is 0 Å². The van der Waals surface area contributed by atoms with E-state index < -0.39 is 0 Å². The quantitative estimate of drug-likeness (QED) is 0.797. The first-order chi connectivity index (χ1) is 10.6. The van der Waals surface area contributed by atoms with Gasteiger partial charge in [0.2, 0.25) is 0 Å². The van der Waals surface area contributed by atoms with Crippen LogP contribution in [0.3, 0.4) is 0 Å². The van der Waals surface area contributed by atoms with Gasteiger partial charge in [-0.2, -0.15) is 0 Å². The van der Waals surface area contributed by atoms with Gasteiger partial charge in [0.25, 0.3) is 0 Å². The number of para-hydroxylation sites is 1. The topological polar surface area (TPSA) is 46.3 Å². The number of hydrogen-bond donors (Lipinski definition) is 2. The Morgan fingerprint density at radius 3 is 2.50 bits per heavy atom. The van der Waals surface area contributed by atoms with Gasteiger partial charge in [-0.05, 0) is 17.7 Å². The molecule has 0 aliphatic heterocycles. The first-order valence-corrected chi connectivity index (χ1v) is 7.33. The molecule has 0 unspecified atom stereocenters. The normalized spacial score (nSPS) is 11.3. The number of phenols is 1. The molecule has 2 aromatic rings. The van der Waals surface area contributed by atoms with Crippen LogP contribution >= 0.6 is 0 Å². The van der Waals surface area contributed by atoms with Crippen molar-refractivity contribution in [3.63, 3.8) is 0 Å². The number of quaternary nitrogens is 1. The summed E-state index contributed by atoms with van der Waals surface area (Å²) in [5.74, 6) is 0.584.